The van der Waals surface area contributed by atoms with Crippen LogP contribution >= 0.6 is 0 Å². The minimum absolute atomic E-state index is 0.0534. The number of aliphatic hydroxyl groups excluding tert-OH is 1. The normalized spacial score (nSPS) is 16.9. The number of fused-ring (bicyclic) bond motifs is 3. The van der Waals surface area contributed by atoms with Crippen molar-refractivity contribution in [2.75, 3.05) is 30.8 Å². The lowest BCUT2D eigenvalue weighted by Gasteiger charge is -2.32. The maximum Gasteiger partial charge on any atom is 0.223 e. The van der Waals surface area contributed by atoms with Crippen LogP contribution in [0.5, 0.6) is 5.75 Å². The number of aryl methyl sites for hydroxylation is 1. The Hall–Kier alpha value is -3.47. The molecule has 3 aromatic heterocycles. The van der Waals surface area contributed by atoms with E-state index in [1.54, 1.807) is 0 Å². The summed E-state index contributed by atoms with van der Waals surface area (Å²) < 4.78 is 22.7. The molecule has 1 aliphatic rings. The fraction of sp³-hybridized carbons (Fsp3) is 0.429. The maximum atomic E-state index is 14.4. The number of anilines is 2. The topological polar surface area (TPSA) is 120 Å². The summed E-state index contributed by atoms with van der Waals surface area (Å²) in [7, 11) is 1.41. The Labute approximate surface area is 183 Å². The second kappa shape index (κ2) is 7.90. The summed E-state index contributed by atoms with van der Waals surface area (Å²) in [4.78, 5) is 11.3. The molecule has 0 amide bonds. The Balaban J connectivity index is 1.53. The average Bonchev–Trinajstić information content (AvgIpc) is 3.44. The first-order chi connectivity index (χ1) is 15.5. The largest absolute Gasteiger partial charge is 0.494 e. The molecule has 0 saturated carbocycles. The van der Waals surface area contributed by atoms with E-state index in [4.69, 9.17) is 15.5 Å². The molecular formula is C21H25FN8O2. The number of halogens is 1. The quantitative estimate of drug-likeness (QED) is 0.484. The smallest absolute Gasteiger partial charge is 0.223 e. The van der Waals surface area contributed by atoms with Gasteiger partial charge in [-0.2, -0.15) is 9.61 Å². The first kappa shape index (κ1) is 20.4. The number of piperidine rings is 1. The van der Waals surface area contributed by atoms with E-state index >= 15 is 0 Å². The second-order valence-corrected chi connectivity index (χ2v) is 7.94. The standard InChI is InChI=1S/C21H25FN8O2/c1-3-29-10-17(16(11-31)26-29)28-6-4-5-12(9-28)19-25-20-13-7-14(22)18(32-2)8-15(13)24-21(23)30(20)27-19/h7-8,10,12,31H,3-6,9,11H2,1-2H3,(H2,23,24). The highest BCUT2D eigenvalue weighted by Gasteiger charge is 2.28. The molecule has 4 aromatic rings. The lowest BCUT2D eigenvalue weighted by atomic mass is 9.97. The summed E-state index contributed by atoms with van der Waals surface area (Å²) >= 11 is 0. The average molecular weight is 440 g/mol. The zero-order chi connectivity index (χ0) is 22.4. The molecule has 1 atom stereocenters. The van der Waals surface area contributed by atoms with Crippen LogP contribution in [0, 0.1) is 5.82 Å². The molecular weight excluding hydrogens is 415 g/mol. The summed E-state index contributed by atoms with van der Waals surface area (Å²) in [6, 6.07) is 2.87. The van der Waals surface area contributed by atoms with Crippen molar-refractivity contribution in [1.29, 1.82) is 0 Å². The monoisotopic (exact) mass is 440 g/mol. The van der Waals surface area contributed by atoms with Crippen LogP contribution in [0.2, 0.25) is 0 Å². The highest BCUT2D eigenvalue weighted by Crippen LogP contribution is 2.32. The van der Waals surface area contributed by atoms with Crippen molar-refractivity contribution < 1.29 is 14.2 Å². The summed E-state index contributed by atoms with van der Waals surface area (Å²) in [6.45, 7) is 4.19. The van der Waals surface area contributed by atoms with Crippen LogP contribution in [-0.4, -0.2) is 54.7 Å². The molecule has 1 fully saturated rings. The van der Waals surface area contributed by atoms with Crippen molar-refractivity contribution in [1.82, 2.24) is 29.4 Å². The number of benzene rings is 1. The molecule has 1 aliphatic heterocycles. The van der Waals surface area contributed by atoms with Gasteiger partial charge in [-0.3, -0.25) is 4.68 Å². The zero-order valence-corrected chi connectivity index (χ0v) is 18.0. The fourth-order valence-electron chi connectivity index (χ4n) is 4.37. The summed E-state index contributed by atoms with van der Waals surface area (Å²) in [6.07, 6.45) is 3.83. The third-order valence-corrected chi connectivity index (χ3v) is 6.00. The molecule has 0 aliphatic carbocycles. The predicted octanol–water partition coefficient (Wildman–Crippen LogP) is 2.10. The van der Waals surface area contributed by atoms with Crippen molar-refractivity contribution in [2.45, 2.75) is 38.8 Å². The van der Waals surface area contributed by atoms with Gasteiger partial charge in [0.15, 0.2) is 23.0 Å². The maximum absolute atomic E-state index is 14.4. The van der Waals surface area contributed by atoms with Crippen LogP contribution in [0.3, 0.4) is 0 Å². The number of aliphatic hydroxyl groups is 1. The van der Waals surface area contributed by atoms with E-state index in [0.717, 1.165) is 31.6 Å². The van der Waals surface area contributed by atoms with Gasteiger partial charge < -0.3 is 20.5 Å². The van der Waals surface area contributed by atoms with Crippen molar-refractivity contribution in [3.05, 3.63) is 35.7 Å². The second-order valence-electron chi connectivity index (χ2n) is 7.94. The van der Waals surface area contributed by atoms with E-state index in [-0.39, 0.29) is 24.2 Å². The van der Waals surface area contributed by atoms with Gasteiger partial charge in [0.1, 0.15) is 5.69 Å². The van der Waals surface area contributed by atoms with Crippen molar-refractivity contribution in [2.24, 2.45) is 0 Å². The highest BCUT2D eigenvalue weighted by molar-refractivity contribution is 5.93. The molecule has 5 rings (SSSR count). The van der Waals surface area contributed by atoms with Gasteiger partial charge in [-0.15, -0.1) is 5.10 Å². The number of rotatable bonds is 5. The number of hydrogen-bond donors (Lipinski definition) is 2. The number of methoxy groups -OCH3 is 1. The minimum Gasteiger partial charge on any atom is -0.494 e. The van der Waals surface area contributed by atoms with Crippen LogP contribution in [0.1, 0.15) is 37.2 Å². The molecule has 0 spiro atoms. The van der Waals surface area contributed by atoms with Crippen molar-refractivity contribution in [3.63, 3.8) is 0 Å². The number of nitrogens with zero attached hydrogens (tertiary/aromatic N) is 7. The number of ether oxygens (including phenoxy) is 1. The van der Waals surface area contributed by atoms with E-state index in [2.05, 4.69) is 20.1 Å². The molecule has 1 aromatic carbocycles. The van der Waals surface area contributed by atoms with Crippen LogP contribution in [-0.2, 0) is 13.2 Å². The first-order valence-corrected chi connectivity index (χ1v) is 10.6. The van der Waals surface area contributed by atoms with Crippen LogP contribution in [0.15, 0.2) is 18.3 Å². The lowest BCUT2D eigenvalue weighted by Crippen LogP contribution is -2.35. The Morgan fingerprint density at radius 3 is 2.88 bits per heavy atom. The first-order valence-electron chi connectivity index (χ1n) is 10.6. The van der Waals surface area contributed by atoms with E-state index in [0.29, 0.717) is 34.6 Å². The summed E-state index contributed by atoms with van der Waals surface area (Å²) in [5.41, 5.74) is 8.70. The minimum atomic E-state index is -0.494. The molecule has 11 heteroatoms. The fourth-order valence-corrected chi connectivity index (χ4v) is 4.37. The van der Waals surface area contributed by atoms with Gasteiger partial charge in [-0.1, -0.05) is 0 Å². The van der Waals surface area contributed by atoms with E-state index in [9.17, 15) is 9.50 Å². The molecule has 3 N–H and O–H groups in total. The van der Waals surface area contributed by atoms with Gasteiger partial charge in [0.25, 0.3) is 0 Å². The number of nitrogen functional groups attached to an aromatic ring is 1. The van der Waals surface area contributed by atoms with Crippen molar-refractivity contribution >= 4 is 28.2 Å². The zero-order valence-electron chi connectivity index (χ0n) is 18.0. The van der Waals surface area contributed by atoms with Gasteiger partial charge in [0.05, 0.1) is 24.9 Å². The van der Waals surface area contributed by atoms with E-state index in [1.165, 1.54) is 23.8 Å². The Kier molecular flexibility index (Phi) is 5.04. The van der Waals surface area contributed by atoms with E-state index < -0.39 is 5.82 Å². The van der Waals surface area contributed by atoms with Crippen LogP contribution in [0.25, 0.3) is 16.6 Å². The Bertz CT molecular complexity index is 1300. The number of nitrogens with two attached hydrogens (primary N) is 1. The summed E-state index contributed by atoms with van der Waals surface area (Å²) in [5, 5.41) is 19.3. The molecule has 4 heterocycles. The third-order valence-electron chi connectivity index (χ3n) is 6.00. The molecule has 0 bridgehead atoms. The molecule has 0 radical (unpaired) electrons. The molecule has 10 nitrogen and oxygen atoms in total. The SMILES string of the molecule is CCn1cc(N2CCCC(c3nc4c5cc(F)c(OC)cc5nc(N)n4n3)C2)c(CO)n1. The van der Waals surface area contributed by atoms with Crippen LogP contribution < -0.4 is 15.4 Å². The van der Waals surface area contributed by atoms with Gasteiger partial charge in [-0.05, 0) is 25.8 Å². The summed E-state index contributed by atoms with van der Waals surface area (Å²) in [5.74, 6) is 0.479. The molecule has 32 heavy (non-hydrogen) atoms. The Morgan fingerprint density at radius 2 is 2.12 bits per heavy atom. The number of hydrogen-bond acceptors (Lipinski definition) is 8. The number of aromatic nitrogens is 6. The van der Waals surface area contributed by atoms with Crippen molar-refractivity contribution in [3.8, 4) is 5.75 Å². The molecule has 168 valence electrons. The Morgan fingerprint density at radius 1 is 1.28 bits per heavy atom. The van der Waals surface area contributed by atoms with Gasteiger partial charge in [0.2, 0.25) is 5.95 Å². The molecule has 1 saturated heterocycles. The molecule has 1 unspecified atom stereocenters. The third kappa shape index (κ3) is 3.29. The van der Waals surface area contributed by atoms with E-state index in [1.807, 2.05) is 17.8 Å². The van der Waals surface area contributed by atoms with Gasteiger partial charge in [-0.25, -0.2) is 14.4 Å². The predicted molar refractivity (Wildman–Crippen MR) is 117 cm³/mol. The lowest BCUT2D eigenvalue weighted by molar-refractivity contribution is 0.275. The van der Waals surface area contributed by atoms with Gasteiger partial charge in [0, 0.05) is 43.2 Å². The highest BCUT2D eigenvalue weighted by atomic mass is 19.1. The van der Waals surface area contributed by atoms with Gasteiger partial charge >= 0.3 is 0 Å². The van der Waals surface area contributed by atoms with Crippen LogP contribution in [0.4, 0.5) is 16.0 Å².